The van der Waals surface area contributed by atoms with Crippen molar-refractivity contribution in [2.45, 2.75) is 69.9 Å². The maximum atomic E-state index is 12.3. The number of nitrogens with one attached hydrogen (secondary N) is 1. The Morgan fingerprint density at radius 3 is 2.45 bits per heavy atom. The summed E-state index contributed by atoms with van der Waals surface area (Å²) in [6.45, 7) is 7.78. The van der Waals surface area contributed by atoms with Crippen LogP contribution in [-0.2, 0) is 16.1 Å². The predicted octanol–water partition coefficient (Wildman–Crippen LogP) is 7.04. The van der Waals surface area contributed by atoms with Crippen molar-refractivity contribution in [3.63, 3.8) is 0 Å². The minimum absolute atomic E-state index is 0.0491. The zero-order valence-corrected chi connectivity index (χ0v) is 19.5. The number of carbonyl (C=O) groups is 1. The first-order valence-corrected chi connectivity index (χ1v) is 11.5. The number of allylic oxidation sites excluding steroid dienone is 3. The van der Waals surface area contributed by atoms with E-state index in [0.29, 0.717) is 25.7 Å². The molecule has 0 unspecified atom stereocenters. The van der Waals surface area contributed by atoms with E-state index in [9.17, 15) is 18.0 Å². The van der Waals surface area contributed by atoms with Gasteiger partial charge in [-0.05, 0) is 67.1 Å². The molecular formula is C24H34F3NO2S. The Labute approximate surface area is 188 Å². The third kappa shape index (κ3) is 15.7. The quantitative estimate of drug-likeness (QED) is 0.141. The first-order valence-electron chi connectivity index (χ1n) is 10.7. The molecule has 0 aromatic heterocycles. The van der Waals surface area contributed by atoms with Crippen LogP contribution in [0.4, 0.5) is 13.2 Å². The van der Waals surface area contributed by atoms with Gasteiger partial charge in [-0.2, -0.15) is 13.2 Å². The Morgan fingerprint density at radius 1 is 1.13 bits per heavy atom. The van der Waals surface area contributed by atoms with Crippen molar-refractivity contribution < 1.29 is 22.7 Å². The van der Waals surface area contributed by atoms with E-state index in [1.165, 1.54) is 12.1 Å². The largest absolute Gasteiger partial charge is 0.446 e. The third-order valence-electron chi connectivity index (χ3n) is 4.26. The molecule has 1 rings (SSSR count). The minimum atomic E-state index is -4.26. The molecule has 0 fully saturated rings. The Morgan fingerprint density at radius 2 is 1.81 bits per heavy atom. The highest BCUT2D eigenvalue weighted by atomic mass is 32.2. The highest BCUT2D eigenvalue weighted by Crippen LogP contribution is 2.36. The molecule has 0 aliphatic heterocycles. The lowest BCUT2D eigenvalue weighted by Crippen LogP contribution is -2.25. The molecule has 0 spiro atoms. The molecular weight excluding hydrogens is 423 g/mol. The molecule has 0 heterocycles. The maximum absolute atomic E-state index is 12.3. The molecule has 0 atom stereocenters. The van der Waals surface area contributed by atoms with Gasteiger partial charge < -0.3 is 10.1 Å². The van der Waals surface area contributed by atoms with Crippen LogP contribution in [0.25, 0.3) is 0 Å². The topological polar surface area (TPSA) is 38.3 Å². The number of halogens is 3. The summed E-state index contributed by atoms with van der Waals surface area (Å²) in [6.07, 6.45) is 10.9. The van der Waals surface area contributed by atoms with E-state index in [1.54, 1.807) is 18.2 Å². The second-order valence-corrected chi connectivity index (χ2v) is 9.02. The first kappa shape index (κ1) is 27.3. The second kappa shape index (κ2) is 15.1. The lowest BCUT2D eigenvalue weighted by atomic mass is 10.1. The van der Waals surface area contributed by atoms with Crippen molar-refractivity contribution in [1.82, 2.24) is 5.32 Å². The van der Waals surface area contributed by atoms with Crippen LogP contribution in [0.1, 0.15) is 58.4 Å². The zero-order valence-electron chi connectivity index (χ0n) is 18.6. The molecule has 0 radical (unpaired) electrons. The fraction of sp³-hybridized carbons (Fsp3) is 0.542. The van der Waals surface area contributed by atoms with Crippen LogP contribution in [0.5, 0.6) is 0 Å². The van der Waals surface area contributed by atoms with Gasteiger partial charge in [0.05, 0.1) is 6.61 Å². The summed E-state index contributed by atoms with van der Waals surface area (Å²) in [5, 5.41) is 2.87. The summed E-state index contributed by atoms with van der Waals surface area (Å²) in [7, 11) is 0. The van der Waals surface area contributed by atoms with Gasteiger partial charge in [0.1, 0.15) is 0 Å². The monoisotopic (exact) mass is 457 g/mol. The number of benzene rings is 1. The molecule has 0 saturated heterocycles. The average molecular weight is 458 g/mol. The van der Waals surface area contributed by atoms with Crippen molar-refractivity contribution in [2.24, 2.45) is 5.92 Å². The highest BCUT2D eigenvalue weighted by molar-refractivity contribution is 8.00. The van der Waals surface area contributed by atoms with Crippen molar-refractivity contribution >= 4 is 17.7 Å². The van der Waals surface area contributed by atoms with E-state index >= 15 is 0 Å². The summed E-state index contributed by atoms with van der Waals surface area (Å²) >= 11 is -0.107. The SMILES string of the molecule is CC(/C=C/CCCCCCOCc1ccc(SC(F)(F)F)cc1)=C\C(=O)NCC(C)C. The van der Waals surface area contributed by atoms with Crippen LogP contribution >= 0.6 is 11.8 Å². The van der Waals surface area contributed by atoms with Crippen LogP contribution in [0.2, 0.25) is 0 Å². The maximum Gasteiger partial charge on any atom is 0.446 e. The fourth-order valence-electron chi connectivity index (χ4n) is 2.68. The van der Waals surface area contributed by atoms with E-state index in [4.69, 9.17) is 4.74 Å². The van der Waals surface area contributed by atoms with E-state index in [2.05, 4.69) is 25.2 Å². The Hall–Kier alpha value is -1.73. The molecule has 0 saturated carbocycles. The number of hydrogen-bond donors (Lipinski definition) is 1. The van der Waals surface area contributed by atoms with E-state index in [0.717, 1.165) is 43.2 Å². The lowest BCUT2D eigenvalue weighted by Gasteiger charge is -2.07. The van der Waals surface area contributed by atoms with Crippen LogP contribution in [-0.4, -0.2) is 24.6 Å². The van der Waals surface area contributed by atoms with E-state index in [-0.39, 0.29) is 22.6 Å². The molecule has 3 nitrogen and oxygen atoms in total. The van der Waals surface area contributed by atoms with Gasteiger partial charge in [-0.1, -0.05) is 51.0 Å². The van der Waals surface area contributed by atoms with Gasteiger partial charge in [0.25, 0.3) is 0 Å². The molecule has 174 valence electrons. The van der Waals surface area contributed by atoms with Gasteiger partial charge in [0.15, 0.2) is 0 Å². The number of thioether (sulfide) groups is 1. The summed E-state index contributed by atoms with van der Waals surface area (Å²) < 4.78 is 42.5. The number of unbranched alkanes of at least 4 members (excludes halogenated alkanes) is 4. The highest BCUT2D eigenvalue weighted by Gasteiger charge is 2.28. The number of carbonyl (C=O) groups excluding carboxylic acids is 1. The molecule has 1 aromatic rings. The summed E-state index contributed by atoms with van der Waals surface area (Å²) in [5.41, 5.74) is -2.44. The predicted molar refractivity (Wildman–Crippen MR) is 122 cm³/mol. The number of hydrogen-bond acceptors (Lipinski definition) is 3. The molecule has 1 amide bonds. The van der Waals surface area contributed by atoms with Gasteiger partial charge in [0, 0.05) is 24.1 Å². The molecule has 0 aliphatic carbocycles. The zero-order chi connectivity index (χ0) is 23.1. The van der Waals surface area contributed by atoms with Crippen LogP contribution in [0.15, 0.2) is 53.0 Å². The standard InChI is InChI=1S/C24H34F3NO2S/c1-19(2)17-28-23(29)16-20(3)10-8-6-4-5-7-9-15-30-18-21-11-13-22(14-12-21)31-24(25,26)27/h8,10-14,16,19H,4-7,9,15,17-18H2,1-3H3,(H,28,29)/b10-8+,20-16+. The molecule has 1 aromatic carbocycles. The van der Waals surface area contributed by atoms with Gasteiger partial charge in [-0.25, -0.2) is 0 Å². The molecule has 0 bridgehead atoms. The summed E-state index contributed by atoms with van der Waals surface area (Å²) in [4.78, 5) is 11.9. The van der Waals surface area contributed by atoms with Crippen LogP contribution in [0.3, 0.4) is 0 Å². The fourth-order valence-corrected chi connectivity index (χ4v) is 3.22. The van der Waals surface area contributed by atoms with E-state index in [1.807, 2.05) is 13.0 Å². The Bertz CT molecular complexity index is 698. The van der Waals surface area contributed by atoms with E-state index < -0.39 is 5.51 Å². The number of ether oxygens (including phenoxy) is 1. The summed E-state index contributed by atoms with van der Waals surface area (Å²) in [5.74, 6) is 0.392. The minimum Gasteiger partial charge on any atom is -0.377 e. The van der Waals surface area contributed by atoms with Gasteiger partial charge in [0.2, 0.25) is 5.91 Å². The van der Waals surface area contributed by atoms with Gasteiger partial charge >= 0.3 is 5.51 Å². The van der Waals surface area contributed by atoms with Gasteiger partial charge in [-0.3, -0.25) is 4.79 Å². The second-order valence-electron chi connectivity index (χ2n) is 7.88. The molecule has 0 aliphatic rings. The molecule has 1 N–H and O–H groups in total. The first-order chi connectivity index (χ1) is 14.7. The smallest absolute Gasteiger partial charge is 0.377 e. The normalized spacial score (nSPS) is 12.7. The van der Waals surface area contributed by atoms with Crippen molar-refractivity contribution in [2.75, 3.05) is 13.2 Å². The van der Waals surface area contributed by atoms with Crippen LogP contribution in [0, 0.1) is 5.92 Å². The van der Waals surface area contributed by atoms with Gasteiger partial charge in [-0.15, -0.1) is 0 Å². The molecule has 31 heavy (non-hydrogen) atoms. The molecule has 7 heteroatoms. The summed E-state index contributed by atoms with van der Waals surface area (Å²) in [6, 6.07) is 6.29. The van der Waals surface area contributed by atoms with Crippen LogP contribution < -0.4 is 5.32 Å². The Kier molecular flexibility index (Phi) is 13.3. The Balaban J connectivity index is 2.06. The van der Waals surface area contributed by atoms with Crippen molar-refractivity contribution in [3.05, 3.63) is 53.6 Å². The number of amides is 1. The average Bonchev–Trinajstić information content (AvgIpc) is 2.68. The lowest BCUT2D eigenvalue weighted by molar-refractivity contribution is -0.116. The number of rotatable bonds is 14. The van der Waals surface area contributed by atoms with Crippen molar-refractivity contribution in [1.29, 1.82) is 0 Å². The van der Waals surface area contributed by atoms with Crippen molar-refractivity contribution in [3.8, 4) is 0 Å². The number of alkyl halides is 3. The third-order valence-corrected chi connectivity index (χ3v) is 5.00.